The Morgan fingerprint density at radius 1 is 1.04 bits per heavy atom. The molecule has 1 heterocycles. The molecule has 5 nitrogen and oxygen atoms in total. The maximum Gasteiger partial charge on any atom is 0.269 e. The summed E-state index contributed by atoms with van der Waals surface area (Å²) in [5, 5.41) is 0. The largest absolute Gasteiger partial charge is 0.493 e. The normalized spacial score (nSPS) is 11.8. The minimum Gasteiger partial charge on any atom is -0.493 e. The highest BCUT2D eigenvalue weighted by atomic mass is 32.2. The zero-order valence-electron chi connectivity index (χ0n) is 14.9. The van der Waals surface area contributed by atoms with Crippen molar-refractivity contribution in [1.29, 1.82) is 0 Å². The summed E-state index contributed by atoms with van der Waals surface area (Å²) in [4.78, 5) is 4.48. The van der Waals surface area contributed by atoms with E-state index < -0.39 is 10.0 Å². The van der Waals surface area contributed by atoms with Gasteiger partial charge in [-0.1, -0.05) is 6.92 Å². The van der Waals surface area contributed by atoms with Crippen LogP contribution in [-0.2, 0) is 10.0 Å². The van der Waals surface area contributed by atoms with Gasteiger partial charge >= 0.3 is 0 Å². The Morgan fingerprint density at radius 2 is 1.76 bits per heavy atom. The number of hydrogen-bond acceptors (Lipinski definition) is 4. The molecule has 0 aliphatic heterocycles. The molecule has 0 fully saturated rings. The van der Waals surface area contributed by atoms with E-state index >= 15 is 0 Å². The average Bonchev–Trinajstić information content (AvgIpc) is 2.97. The molecule has 0 aliphatic rings. The molecule has 0 spiro atoms. The number of hydrogen-bond donors (Lipinski definition) is 0. The highest BCUT2D eigenvalue weighted by molar-refractivity contribution is 7.90. The van der Waals surface area contributed by atoms with E-state index in [2.05, 4.69) is 4.98 Å². The Kier molecular flexibility index (Phi) is 4.56. The molecule has 6 heteroatoms. The Hall–Kier alpha value is -2.34. The van der Waals surface area contributed by atoms with Gasteiger partial charge in [-0.15, -0.1) is 0 Å². The number of ether oxygens (including phenoxy) is 1. The zero-order chi connectivity index (χ0) is 18.2. The van der Waals surface area contributed by atoms with Crippen molar-refractivity contribution in [2.45, 2.75) is 39.0 Å². The summed E-state index contributed by atoms with van der Waals surface area (Å²) >= 11 is 0. The maximum atomic E-state index is 13.1. The Morgan fingerprint density at radius 3 is 2.44 bits per heavy atom. The number of aryl methyl sites for hydroxylation is 3. The van der Waals surface area contributed by atoms with Crippen molar-refractivity contribution < 1.29 is 13.2 Å². The van der Waals surface area contributed by atoms with Crippen LogP contribution in [-0.4, -0.2) is 24.0 Å². The van der Waals surface area contributed by atoms with Crippen LogP contribution in [0.4, 0.5) is 0 Å². The van der Waals surface area contributed by atoms with E-state index in [0.717, 1.165) is 23.1 Å². The predicted molar refractivity (Wildman–Crippen MR) is 98.8 cm³/mol. The van der Waals surface area contributed by atoms with E-state index in [4.69, 9.17) is 4.74 Å². The van der Waals surface area contributed by atoms with Crippen molar-refractivity contribution in [2.24, 2.45) is 0 Å². The van der Waals surface area contributed by atoms with Crippen molar-refractivity contribution >= 4 is 21.1 Å². The lowest BCUT2D eigenvalue weighted by Crippen LogP contribution is -2.12. The SMILES string of the molecule is CCCOc1ccc(S(=O)(=O)n2cnc3cc(C)c(C)cc32)cc1C. The second-order valence-electron chi connectivity index (χ2n) is 6.25. The lowest BCUT2D eigenvalue weighted by molar-refractivity contribution is 0.315. The van der Waals surface area contributed by atoms with Gasteiger partial charge in [0.25, 0.3) is 10.0 Å². The Balaban J connectivity index is 2.08. The second kappa shape index (κ2) is 6.52. The number of aromatic nitrogens is 2. The van der Waals surface area contributed by atoms with E-state index in [0.29, 0.717) is 23.4 Å². The van der Waals surface area contributed by atoms with Gasteiger partial charge in [-0.05, 0) is 74.2 Å². The van der Waals surface area contributed by atoms with Gasteiger partial charge in [-0.2, -0.15) is 0 Å². The summed E-state index contributed by atoms with van der Waals surface area (Å²) in [5.41, 5.74) is 4.18. The van der Waals surface area contributed by atoms with E-state index in [1.54, 1.807) is 18.2 Å². The topological polar surface area (TPSA) is 61.2 Å². The molecule has 0 bridgehead atoms. The number of benzene rings is 2. The first-order valence-electron chi connectivity index (χ1n) is 8.28. The van der Waals surface area contributed by atoms with Crippen LogP contribution in [0.2, 0.25) is 0 Å². The van der Waals surface area contributed by atoms with Crippen LogP contribution in [0.25, 0.3) is 11.0 Å². The lowest BCUT2D eigenvalue weighted by Gasteiger charge is -2.11. The number of rotatable bonds is 5. The molecule has 25 heavy (non-hydrogen) atoms. The predicted octanol–water partition coefficient (Wildman–Crippen LogP) is 3.99. The molecule has 1 aromatic heterocycles. The van der Waals surface area contributed by atoms with Crippen LogP contribution < -0.4 is 4.74 Å². The van der Waals surface area contributed by atoms with Gasteiger partial charge in [0.2, 0.25) is 0 Å². The van der Waals surface area contributed by atoms with Crippen LogP contribution in [0.5, 0.6) is 5.75 Å². The first-order chi connectivity index (χ1) is 11.8. The van der Waals surface area contributed by atoms with Gasteiger partial charge in [-0.3, -0.25) is 0 Å². The van der Waals surface area contributed by atoms with Crippen LogP contribution in [0, 0.1) is 20.8 Å². The number of fused-ring (bicyclic) bond motifs is 1. The van der Waals surface area contributed by atoms with Gasteiger partial charge in [0, 0.05) is 0 Å². The third-order valence-corrected chi connectivity index (χ3v) is 5.95. The van der Waals surface area contributed by atoms with E-state index in [1.165, 1.54) is 10.3 Å². The van der Waals surface area contributed by atoms with Gasteiger partial charge < -0.3 is 4.74 Å². The van der Waals surface area contributed by atoms with Crippen molar-refractivity contribution in [3.05, 3.63) is 53.3 Å². The van der Waals surface area contributed by atoms with E-state index in [-0.39, 0.29) is 4.90 Å². The van der Waals surface area contributed by atoms with Crippen LogP contribution in [0.3, 0.4) is 0 Å². The quantitative estimate of drug-likeness (QED) is 0.692. The first-order valence-corrected chi connectivity index (χ1v) is 9.72. The van der Waals surface area contributed by atoms with E-state index in [1.807, 2.05) is 39.8 Å². The number of imidazole rings is 1. The molecule has 132 valence electrons. The molecule has 0 unspecified atom stereocenters. The molecule has 3 aromatic rings. The third-order valence-electron chi connectivity index (χ3n) is 4.29. The minimum atomic E-state index is -3.71. The first kappa shape index (κ1) is 17.5. The monoisotopic (exact) mass is 358 g/mol. The molecule has 2 aromatic carbocycles. The molecule has 3 rings (SSSR count). The third kappa shape index (κ3) is 3.14. The zero-order valence-corrected chi connectivity index (χ0v) is 15.7. The summed E-state index contributed by atoms with van der Waals surface area (Å²) < 4.78 is 33.0. The highest BCUT2D eigenvalue weighted by Crippen LogP contribution is 2.26. The number of nitrogens with zero attached hydrogens (tertiary/aromatic N) is 2. The van der Waals surface area contributed by atoms with Crippen molar-refractivity contribution in [2.75, 3.05) is 6.61 Å². The average molecular weight is 358 g/mol. The fourth-order valence-electron chi connectivity index (χ4n) is 2.70. The van der Waals surface area contributed by atoms with E-state index in [9.17, 15) is 8.42 Å². The highest BCUT2D eigenvalue weighted by Gasteiger charge is 2.21. The van der Waals surface area contributed by atoms with Crippen molar-refractivity contribution in [3.8, 4) is 5.75 Å². The Labute approximate surface area is 148 Å². The van der Waals surface area contributed by atoms with Crippen LogP contribution in [0.15, 0.2) is 41.6 Å². The summed E-state index contributed by atoms with van der Waals surface area (Å²) in [7, 11) is -3.71. The standard InChI is InChI=1S/C19H22N2O3S/c1-5-8-24-19-7-6-16(9-15(19)4)25(22,23)21-12-20-17-10-13(2)14(3)11-18(17)21/h6-7,9-12H,5,8H2,1-4H3. The lowest BCUT2D eigenvalue weighted by atomic mass is 10.1. The fraction of sp³-hybridized carbons (Fsp3) is 0.316. The molecular weight excluding hydrogens is 336 g/mol. The summed E-state index contributed by atoms with van der Waals surface area (Å²) in [6, 6.07) is 8.71. The molecular formula is C19H22N2O3S. The van der Waals surface area contributed by atoms with Gasteiger partial charge in [-0.25, -0.2) is 17.4 Å². The molecule has 0 saturated carbocycles. The summed E-state index contributed by atoms with van der Waals surface area (Å²) in [6.45, 7) is 8.44. The van der Waals surface area contributed by atoms with Crippen molar-refractivity contribution in [1.82, 2.24) is 8.96 Å². The van der Waals surface area contributed by atoms with Crippen molar-refractivity contribution in [3.63, 3.8) is 0 Å². The molecule has 0 atom stereocenters. The summed E-state index contributed by atoms with van der Waals surface area (Å²) in [6.07, 6.45) is 2.27. The molecule has 0 saturated heterocycles. The summed E-state index contributed by atoms with van der Waals surface area (Å²) in [5.74, 6) is 0.711. The van der Waals surface area contributed by atoms with Crippen LogP contribution in [0.1, 0.15) is 30.0 Å². The second-order valence-corrected chi connectivity index (χ2v) is 8.06. The van der Waals surface area contributed by atoms with Gasteiger partial charge in [0.05, 0.1) is 22.5 Å². The molecule has 0 amide bonds. The smallest absolute Gasteiger partial charge is 0.269 e. The molecule has 0 N–H and O–H groups in total. The Bertz CT molecular complexity index is 1040. The molecule has 0 radical (unpaired) electrons. The van der Waals surface area contributed by atoms with Crippen LogP contribution >= 0.6 is 0 Å². The molecule has 0 aliphatic carbocycles. The van der Waals surface area contributed by atoms with Gasteiger partial charge in [0.1, 0.15) is 12.1 Å². The maximum absolute atomic E-state index is 13.1. The van der Waals surface area contributed by atoms with Gasteiger partial charge in [0.15, 0.2) is 0 Å². The fourth-order valence-corrected chi connectivity index (χ4v) is 4.07. The minimum absolute atomic E-state index is 0.228.